The molecule has 1 amide bonds. The van der Waals surface area contributed by atoms with E-state index in [2.05, 4.69) is 10.2 Å². The van der Waals surface area contributed by atoms with E-state index in [0.29, 0.717) is 50.0 Å². The number of nitrogens with zero attached hydrogens (tertiary/aromatic N) is 1. The van der Waals surface area contributed by atoms with Crippen molar-refractivity contribution in [3.8, 4) is 0 Å². The lowest BCUT2D eigenvalue weighted by Crippen LogP contribution is -2.45. The molecule has 2 N–H and O–H groups in total. The number of benzene rings is 2. The van der Waals surface area contributed by atoms with Crippen LogP contribution in [0.4, 0.5) is 8.78 Å². The number of nitrogens with one attached hydrogen (secondary N) is 1. The monoisotopic (exact) mass is 388 g/mol. The Morgan fingerprint density at radius 1 is 1.11 bits per heavy atom. The summed E-state index contributed by atoms with van der Waals surface area (Å²) in [6.45, 7) is 2.09. The number of halogens is 2. The number of carbonyl (C=O) groups is 1. The zero-order valence-electron chi connectivity index (χ0n) is 16.0. The molecule has 6 heteroatoms. The minimum Gasteiger partial charge on any atom is -0.380 e. The highest BCUT2D eigenvalue weighted by Crippen LogP contribution is 2.42. The number of carbonyl (C=O) groups excluding carboxylic acids is 1. The molecular formula is C22H26F2N2O2. The fourth-order valence-corrected chi connectivity index (χ4v) is 4.05. The van der Waals surface area contributed by atoms with Crippen molar-refractivity contribution in [3.05, 3.63) is 71.3 Å². The van der Waals surface area contributed by atoms with E-state index in [4.69, 9.17) is 0 Å². The predicted octanol–water partition coefficient (Wildman–Crippen LogP) is 3.05. The van der Waals surface area contributed by atoms with Crippen molar-refractivity contribution in [2.24, 2.45) is 5.92 Å². The number of rotatable bonds is 6. The maximum absolute atomic E-state index is 13.9. The summed E-state index contributed by atoms with van der Waals surface area (Å²) >= 11 is 0. The second-order valence-corrected chi connectivity index (χ2v) is 7.33. The molecule has 0 aliphatic carbocycles. The Hall–Kier alpha value is -2.31. The topological polar surface area (TPSA) is 52.6 Å². The molecule has 150 valence electrons. The quantitative estimate of drug-likeness (QED) is 0.800. The molecule has 0 unspecified atom stereocenters. The van der Waals surface area contributed by atoms with Crippen molar-refractivity contribution < 1.29 is 18.7 Å². The van der Waals surface area contributed by atoms with E-state index in [1.807, 2.05) is 0 Å². The van der Waals surface area contributed by atoms with Gasteiger partial charge in [-0.15, -0.1) is 0 Å². The molecule has 1 aliphatic rings. The van der Waals surface area contributed by atoms with E-state index in [1.165, 1.54) is 24.3 Å². The molecule has 1 saturated heterocycles. The van der Waals surface area contributed by atoms with Gasteiger partial charge in [0, 0.05) is 20.0 Å². The molecule has 0 aromatic heterocycles. The van der Waals surface area contributed by atoms with Crippen LogP contribution in [0, 0.1) is 17.6 Å². The van der Waals surface area contributed by atoms with Crippen LogP contribution in [0.2, 0.25) is 0 Å². The Balaban J connectivity index is 1.84. The number of likely N-dealkylation sites (tertiary alicyclic amines) is 1. The van der Waals surface area contributed by atoms with Gasteiger partial charge in [0.25, 0.3) is 0 Å². The molecule has 1 fully saturated rings. The lowest BCUT2D eigenvalue weighted by molar-refractivity contribution is -0.121. The first-order chi connectivity index (χ1) is 13.4. The maximum Gasteiger partial charge on any atom is 0.221 e. The average Bonchev–Trinajstić information content (AvgIpc) is 2.71. The SMILES string of the molecule is CNC(=O)CCN1CCC(C(O)(c2cccc(F)c2)c2cccc(F)c2)CC1. The highest BCUT2D eigenvalue weighted by molar-refractivity contribution is 5.75. The minimum atomic E-state index is -1.48. The van der Waals surface area contributed by atoms with Crippen molar-refractivity contribution in [1.82, 2.24) is 10.2 Å². The van der Waals surface area contributed by atoms with Gasteiger partial charge < -0.3 is 15.3 Å². The second kappa shape index (κ2) is 8.80. The van der Waals surface area contributed by atoms with E-state index in [9.17, 15) is 18.7 Å². The van der Waals surface area contributed by atoms with Gasteiger partial charge in [-0.2, -0.15) is 0 Å². The highest BCUT2D eigenvalue weighted by Gasteiger charge is 2.42. The molecule has 0 bridgehead atoms. The molecule has 28 heavy (non-hydrogen) atoms. The van der Waals surface area contributed by atoms with Crippen LogP contribution in [0.15, 0.2) is 48.5 Å². The number of hydrogen-bond donors (Lipinski definition) is 2. The number of amides is 1. The van der Waals surface area contributed by atoms with E-state index in [0.717, 1.165) is 0 Å². The van der Waals surface area contributed by atoms with Gasteiger partial charge in [0.05, 0.1) is 0 Å². The molecular weight excluding hydrogens is 362 g/mol. The molecule has 4 nitrogen and oxygen atoms in total. The van der Waals surface area contributed by atoms with Crippen molar-refractivity contribution in [2.45, 2.75) is 24.9 Å². The summed E-state index contributed by atoms with van der Waals surface area (Å²) in [5.74, 6) is -1.06. The fourth-order valence-electron chi connectivity index (χ4n) is 4.05. The standard InChI is InChI=1S/C22H26F2N2O2/c1-25-21(27)10-13-26-11-8-16(9-12-26)22(28,17-4-2-6-19(23)14-17)18-5-3-7-20(24)15-18/h2-7,14-16,28H,8-13H2,1H3,(H,25,27). The van der Waals surface area contributed by atoms with Gasteiger partial charge in [0.1, 0.15) is 17.2 Å². The molecule has 0 spiro atoms. The normalized spacial score (nSPS) is 16.1. The summed E-state index contributed by atoms with van der Waals surface area (Å²) in [6, 6.07) is 11.8. The Morgan fingerprint density at radius 2 is 1.64 bits per heavy atom. The zero-order chi connectivity index (χ0) is 20.1. The van der Waals surface area contributed by atoms with Gasteiger partial charge in [-0.1, -0.05) is 24.3 Å². The van der Waals surface area contributed by atoms with Crippen molar-refractivity contribution >= 4 is 5.91 Å². The fraction of sp³-hybridized carbons (Fsp3) is 0.409. The van der Waals surface area contributed by atoms with Crippen molar-refractivity contribution in [1.29, 1.82) is 0 Å². The molecule has 1 aliphatic heterocycles. The first kappa shape index (κ1) is 20.4. The van der Waals surface area contributed by atoms with Crippen LogP contribution in [0.3, 0.4) is 0 Å². The van der Waals surface area contributed by atoms with Crippen LogP contribution in [-0.4, -0.2) is 42.6 Å². The second-order valence-electron chi connectivity index (χ2n) is 7.33. The van der Waals surface area contributed by atoms with Crippen LogP contribution in [0.1, 0.15) is 30.4 Å². The van der Waals surface area contributed by atoms with Crippen LogP contribution in [0.25, 0.3) is 0 Å². The van der Waals surface area contributed by atoms with Crippen LogP contribution in [0.5, 0.6) is 0 Å². The maximum atomic E-state index is 13.9. The lowest BCUT2D eigenvalue weighted by Gasteiger charge is -2.42. The largest absolute Gasteiger partial charge is 0.380 e. The molecule has 0 atom stereocenters. The molecule has 0 radical (unpaired) electrons. The summed E-state index contributed by atoms with van der Waals surface area (Å²) in [6.07, 6.45) is 1.76. The number of aliphatic hydroxyl groups is 1. The lowest BCUT2D eigenvalue weighted by atomic mass is 9.72. The smallest absolute Gasteiger partial charge is 0.221 e. The third kappa shape index (κ3) is 4.39. The first-order valence-electron chi connectivity index (χ1n) is 9.61. The minimum absolute atomic E-state index is 0.00171. The Morgan fingerprint density at radius 3 is 2.11 bits per heavy atom. The third-order valence-electron chi connectivity index (χ3n) is 5.64. The van der Waals surface area contributed by atoms with E-state index < -0.39 is 17.2 Å². The summed E-state index contributed by atoms with van der Waals surface area (Å²) in [5, 5.41) is 14.4. The average molecular weight is 388 g/mol. The molecule has 1 heterocycles. The Labute approximate surface area is 164 Å². The predicted molar refractivity (Wildman–Crippen MR) is 104 cm³/mol. The van der Waals surface area contributed by atoms with Gasteiger partial charge in [-0.25, -0.2) is 8.78 Å². The van der Waals surface area contributed by atoms with E-state index >= 15 is 0 Å². The summed E-state index contributed by atoms with van der Waals surface area (Å²) in [5.41, 5.74) is -0.610. The third-order valence-corrected chi connectivity index (χ3v) is 5.64. The first-order valence-corrected chi connectivity index (χ1v) is 9.61. The van der Waals surface area contributed by atoms with Crippen LogP contribution in [-0.2, 0) is 10.4 Å². The van der Waals surface area contributed by atoms with Gasteiger partial charge in [0.2, 0.25) is 5.91 Å². The highest BCUT2D eigenvalue weighted by atomic mass is 19.1. The van der Waals surface area contributed by atoms with Gasteiger partial charge in [-0.05, 0) is 67.2 Å². The van der Waals surface area contributed by atoms with Crippen LogP contribution >= 0.6 is 0 Å². The van der Waals surface area contributed by atoms with Gasteiger partial charge in [0.15, 0.2) is 0 Å². The van der Waals surface area contributed by atoms with E-state index in [-0.39, 0.29) is 11.8 Å². The summed E-state index contributed by atoms with van der Waals surface area (Å²) in [4.78, 5) is 13.6. The molecule has 2 aromatic carbocycles. The number of piperidine rings is 1. The van der Waals surface area contributed by atoms with E-state index in [1.54, 1.807) is 31.3 Å². The molecule has 3 rings (SSSR count). The van der Waals surface area contributed by atoms with Gasteiger partial charge in [-0.3, -0.25) is 4.79 Å². The summed E-state index contributed by atoms with van der Waals surface area (Å²) < 4.78 is 27.8. The summed E-state index contributed by atoms with van der Waals surface area (Å²) in [7, 11) is 1.62. The van der Waals surface area contributed by atoms with Crippen molar-refractivity contribution in [3.63, 3.8) is 0 Å². The van der Waals surface area contributed by atoms with Crippen LogP contribution < -0.4 is 5.32 Å². The zero-order valence-corrected chi connectivity index (χ0v) is 16.0. The Kier molecular flexibility index (Phi) is 6.42. The van der Waals surface area contributed by atoms with Crippen molar-refractivity contribution in [2.75, 3.05) is 26.7 Å². The van der Waals surface area contributed by atoms with Gasteiger partial charge >= 0.3 is 0 Å². The molecule has 2 aromatic rings. The number of hydrogen-bond acceptors (Lipinski definition) is 3. The molecule has 0 saturated carbocycles. The Bertz CT molecular complexity index is 774.